The van der Waals surface area contributed by atoms with Crippen LogP contribution in [0.15, 0.2) is 30.3 Å². The van der Waals surface area contributed by atoms with E-state index in [0.29, 0.717) is 0 Å². The maximum atomic E-state index is 13.0. The van der Waals surface area contributed by atoms with Gasteiger partial charge in [-0.3, -0.25) is 19.3 Å². The monoisotopic (exact) mass is 496 g/mol. The summed E-state index contributed by atoms with van der Waals surface area (Å²) < 4.78 is 0. The Bertz CT molecular complexity index is 755. The number of nitrogens with one attached hydrogen (secondary N) is 1. The number of likely N-dealkylation sites (tertiary alicyclic amines) is 1. The molecule has 0 aromatic heterocycles. The van der Waals surface area contributed by atoms with Gasteiger partial charge in [-0.25, -0.2) is 0 Å². The van der Waals surface area contributed by atoms with Crippen molar-refractivity contribution >= 4 is 49.6 Å². The Morgan fingerprint density at radius 1 is 1.04 bits per heavy atom. The van der Waals surface area contributed by atoms with E-state index >= 15 is 0 Å². The zero-order chi connectivity index (χ0) is 19.5. The van der Waals surface area contributed by atoms with Gasteiger partial charge >= 0.3 is 0 Å². The number of hydrogen-bond donors (Lipinski definition) is 1. The van der Waals surface area contributed by atoms with E-state index in [2.05, 4.69) is 37.2 Å². The number of rotatable bonds is 4. The second kappa shape index (κ2) is 6.99. The number of amides is 3. The van der Waals surface area contributed by atoms with Crippen LogP contribution < -0.4 is 5.32 Å². The highest BCUT2D eigenvalue weighted by Gasteiger charge is 2.67. The van der Waals surface area contributed by atoms with E-state index in [1.54, 1.807) is 6.92 Å². The molecule has 3 aliphatic rings. The number of nitrogens with zero attached hydrogens (tertiary/aromatic N) is 1. The van der Waals surface area contributed by atoms with Crippen molar-refractivity contribution in [2.45, 2.75) is 42.0 Å². The van der Waals surface area contributed by atoms with Gasteiger partial charge in [0.2, 0.25) is 17.7 Å². The van der Waals surface area contributed by atoms with E-state index in [4.69, 9.17) is 0 Å². The SMILES string of the molecule is C[C@H](NC(=O)[C@H](C)N1C(=O)[C@@H]2[C@H]3C[C@@H]([C@@H](Br)[C@H]3Br)[C@H]2C1=O)c1ccccc1. The highest BCUT2D eigenvalue weighted by atomic mass is 79.9. The minimum Gasteiger partial charge on any atom is -0.348 e. The molecule has 1 aliphatic heterocycles. The maximum absolute atomic E-state index is 13.0. The summed E-state index contributed by atoms with van der Waals surface area (Å²) in [5.41, 5.74) is 0.983. The average Bonchev–Trinajstić information content (AvgIpc) is 3.26. The number of benzene rings is 1. The summed E-state index contributed by atoms with van der Waals surface area (Å²) in [5, 5.41) is 2.93. The maximum Gasteiger partial charge on any atom is 0.243 e. The van der Waals surface area contributed by atoms with Gasteiger partial charge in [-0.05, 0) is 37.7 Å². The van der Waals surface area contributed by atoms with Crippen molar-refractivity contribution in [3.63, 3.8) is 0 Å². The number of carbonyl (C=O) groups excluding carboxylic acids is 3. The number of imide groups is 1. The molecule has 144 valence electrons. The first-order valence-electron chi connectivity index (χ1n) is 9.33. The number of halogens is 2. The molecule has 1 aromatic rings. The molecule has 2 bridgehead atoms. The van der Waals surface area contributed by atoms with Crippen LogP contribution in [0.3, 0.4) is 0 Å². The van der Waals surface area contributed by atoms with Crippen molar-refractivity contribution in [3.05, 3.63) is 35.9 Å². The fourth-order valence-corrected chi connectivity index (χ4v) is 6.90. The summed E-state index contributed by atoms with van der Waals surface area (Å²) in [5.74, 6) is -0.933. The number of hydrogen-bond acceptors (Lipinski definition) is 3. The Morgan fingerprint density at radius 2 is 1.56 bits per heavy atom. The molecule has 1 aromatic carbocycles. The first-order valence-corrected chi connectivity index (χ1v) is 11.2. The van der Waals surface area contributed by atoms with Crippen LogP contribution in [0.1, 0.15) is 31.9 Å². The van der Waals surface area contributed by atoms with Crippen LogP contribution in [0.2, 0.25) is 0 Å². The lowest BCUT2D eigenvalue weighted by Crippen LogP contribution is -2.49. The van der Waals surface area contributed by atoms with Gasteiger partial charge in [0.05, 0.1) is 17.9 Å². The number of alkyl halides is 2. The normalized spacial score (nSPS) is 36.7. The lowest BCUT2D eigenvalue weighted by atomic mass is 9.81. The van der Waals surface area contributed by atoms with Gasteiger partial charge in [0.25, 0.3) is 0 Å². The summed E-state index contributed by atoms with van der Waals surface area (Å²) in [7, 11) is 0. The molecule has 1 N–H and O–H groups in total. The van der Waals surface area contributed by atoms with Crippen LogP contribution in [0, 0.1) is 23.7 Å². The van der Waals surface area contributed by atoms with Gasteiger partial charge in [-0.1, -0.05) is 62.2 Å². The summed E-state index contributed by atoms with van der Waals surface area (Å²) >= 11 is 7.36. The lowest BCUT2D eigenvalue weighted by molar-refractivity contribution is -0.148. The molecule has 8 atom stereocenters. The molecular formula is C20H22Br2N2O3. The first-order chi connectivity index (χ1) is 12.8. The van der Waals surface area contributed by atoms with E-state index in [1.165, 1.54) is 4.90 Å². The van der Waals surface area contributed by atoms with Gasteiger partial charge in [0.1, 0.15) is 6.04 Å². The van der Waals surface area contributed by atoms with Gasteiger partial charge < -0.3 is 5.32 Å². The molecule has 3 fully saturated rings. The fraction of sp³-hybridized carbons (Fsp3) is 0.550. The molecule has 3 amide bonds. The van der Waals surface area contributed by atoms with E-state index in [9.17, 15) is 14.4 Å². The minimum absolute atomic E-state index is 0.157. The van der Waals surface area contributed by atoms with Gasteiger partial charge in [0, 0.05) is 9.65 Å². The highest BCUT2D eigenvalue weighted by Crippen LogP contribution is 2.60. The van der Waals surface area contributed by atoms with Crippen LogP contribution in [-0.4, -0.2) is 38.3 Å². The van der Waals surface area contributed by atoms with E-state index in [1.807, 2.05) is 37.3 Å². The van der Waals surface area contributed by atoms with Crippen LogP contribution in [-0.2, 0) is 14.4 Å². The summed E-state index contributed by atoms with van der Waals surface area (Å²) in [6.07, 6.45) is 0.887. The Hall–Kier alpha value is -1.21. The Morgan fingerprint density at radius 3 is 2.07 bits per heavy atom. The molecule has 4 rings (SSSR count). The van der Waals surface area contributed by atoms with Crippen LogP contribution in [0.5, 0.6) is 0 Å². The predicted octanol–water partition coefficient (Wildman–Crippen LogP) is 3.03. The summed E-state index contributed by atoms with van der Waals surface area (Å²) in [6.45, 7) is 3.54. The summed E-state index contributed by atoms with van der Waals surface area (Å²) in [4.78, 5) is 40.4. The van der Waals surface area contributed by atoms with E-state index in [-0.39, 0.29) is 57.1 Å². The standard InChI is InChI=1S/C20H22Br2N2O3/c1-9(11-6-4-3-5-7-11)23-18(25)10(2)24-19(26)14-12-8-13(15(14)20(24)27)17(22)16(12)21/h3-7,9-10,12-17H,8H2,1-2H3,(H,23,25)/t9-,10-,12+,13+,14+,15+,16-,17+/m0/s1. The van der Waals surface area contributed by atoms with E-state index in [0.717, 1.165) is 12.0 Å². The van der Waals surface area contributed by atoms with Crippen molar-refractivity contribution in [2.24, 2.45) is 23.7 Å². The minimum atomic E-state index is -0.802. The third kappa shape index (κ3) is 2.89. The molecular weight excluding hydrogens is 476 g/mol. The highest BCUT2D eigenvalue weighted by molar-refractivity contribution is 9.12. The van der Waals surface area contributed by atoms with E-state index < -0.39 is 6.04 Å². The zero-order valence-corrected chi connectivity index (χ0v) is 18.3. The predicted molar refractivity (Wildman–Crippen MR) is 108 cm³/mol. The second-order valence-corrected chi connectivity index (χ2v) is 9.98. The number of fused-ring (bicyclic) bond motifs is 5. The van der Waals surface area contributed by atoms with Crippen molar-refractivity contribution in [1.29, 1.82) is 0 Å². The number of carbonyl (C=O) groups is 3. The average molecular weight is 498 g/mol. The topological polar surface area (TPSA) is 66.5 Å². The third-order valence-corrected chi connectivity index (χ3v) is 9.65. The lowest BCUT2D eigenvalue weighted by Gasteiger charge is -2.28. The van der Waals surface area contributed by atoms with Crippen molar-refractivity contribution in [2.75, 3.05) is 0 Å². The molecule has 27 heavy (non-hydrogen) atoms. The van der Waals surface area contributed by atoms with Gasteiger partial charge in [0.15, 0.2) is 0 Å². The molecule has 1 heterocycles. The van der Waals surface area contributed by atoms with Crippen LogP contribution in [0.25, 0.3) is 0 Å². The second-order valence-electron chi connectivity index (χ2n) is 7.87. The first kappa shape index (κ1) is 19.1. The molecule has 2 saturated carbocycles. The van der Waals surface area contributed by atoms with Crippen LogP contribution in [0.4, 0.5) is 0 Å². The molecule has 0 unspecified atom stereocenters. The Labute approximate surface area is 175 Å². The molecule has 5 nitrogen and oxygen atoms in total. The largest absolute Gasteiger partial charge is 0.348 e. The van der Waals surface area contributed by atoms with Crippen LogP contribution >= 0.6 is 31.9 Å². The molecule has 7 heteroatoms. The fourth-order valence-electron chi connectivity index (χ4n) is 5.03. The molecule has 0 spiro atoms. The molecule has 2 aliphatic carbocycles. The van der Waals surface area contributed by atoms with Crippen molar-refractivity contribution < 1.29 is 14.4 Å². The van der Waals surface area contributed by atoms with Crippen molar-refractivity contribution in [3.8, 4) is 0 Å². The van der Waals surface area contributed by atoms with Crippen molar-refractivity contribution in [1.82, 2.24) is 10.2 Å². The zero-order valence-electron chi connectivity index (χ0n) is 15.1. The quantitative estimate of drug-likeness (QED) is 0.513. The van der Waals surface area contributed by atoms with Gasteiger partial charge in [-0.2, -0.15) is 0 Å². The Balaban J connectivity index is 1.49. The third-order valence-electron chi connectivity index (χ3n) is 6.45. The molecule has 1 saturated heterocycles. The van der Waals surface area contributed by atoms with Gasteiger partial charge in [-0.15, -0.1) is 0 Å². The Kier molecular flexibility index (Phi) is 4.95. The summed E-state index contributed by atoms with van der Waals surface area (Å²) in [6, 6.07) is 8.64. The smallest absolute Gasteiger partial charge is 0.243 e. The molecule has 0 radical (unpaired) electrons.